The average molecular weight is 340 g/mol. The van der Waals surface area contributed by atoms with Crippen LogP contribution in [0, 0.1) is 0 Å². The molecule has 0 heterocycles. The molecule has 3 nitrogen and oxygen atoms in total. The summed E-state index contributed by atoms with van der Waals surface area (Å²) < 4.78 is 30.5. The molecule has 0 saturated carbocycles. The summed E-state index contributed by atoms with van der Waals surface area (Å²) in [4.78, 5) is 0. The van der Waals surface area contributed by atoms with Crippen LogP contribution in [-0.2, 0) is 10.1 Å². The number of rotatable bonds is 14. The van der Waals surface area contributed by atoms with Gasteiger partial charge < -0.3 is 0 Å². The molecule has 0 aromatic rings. The van der Waals surface area contributed by atoms with E-state index < -0.39 is 17.4 Å². The summed E-state index contributed by atoms with van der Waals surface area (Å²) in [7, 11) is -4.68. The van der Waals surface area contributed by atoms with Crippen molar-refractivity contribution < 1.29 is 13.0 Å². The predicted molar refractivity (Wildman–Crippen MR) is 96.8 cm³/mol. The van der Waals surface area contributed by atoms with Gasteiger partial charge in [-0.3, -0.25) is 4.55 Å². The third-order valence-electron chi connectivity index (χ3n) is 4.24. The molecular weight excluding hydrogens is 303 g/mol. The van der Waals surface area contributed by atoms with E-state index in [9.17, 15) is 8.42 Å². The van der Waals surface area contributed by atoms with E-state index in [0.29, 0.717) is 6.42 Å². The number of unbranched alkanes of at least 4 members (excludes halogenated alkanes) is 4. The average Bonchev–Trinajstić information content (AvgIpc) is 2.43. The van der Waals surface area contributed by atoms with Gasteiger partial charge in [-0.2, -0.15) is 8.42 Å². The summed E-state index contributed by atoms with van der Waals surface area (Å²) in [5.41, 5.74) is 0. The minimum atomic E-state index is -3.78. The lowest BCUT2D eigenvalue weighted by molar-refractivity contribution is 0.481. The molecule has 0 atom stereocenters. The van der Waals surface area contributed by atoms with Crippen LogP contribution in [0.25, 0.3) is 0 Å². The molecule has 0 radical (unpaired) electrons. The van der Waals surface area contributed by atoms with Gasteiger partial charge in [0.1, 0.15) is 0 Å². The molecule has 1 N–H and O–H groups in total. The fourth-order valence-corrected chi connectivity index (χ4v) is 8.65. The van der Waals surface area contributed by atoms with Gasteiger partial charge in [0.25, 0.3) is 10.1 Å². The van der Waals surface area contributed by atoms with E-state index >= 15 is 0 Å². The second kappa shape index (κ2) is 11.8. The van der Waals surface area contributed by atoms with Crippen LogP contribution >= 0.6 is 7.26 Å². The summed E-state index contributed by atoms with van der Waals surface area (Å²) >= 11 is 0. The van der Waals surface area contributed by atoms with Gasteiger partial charge in [-0.15, -0.1) is 0 Å². The Kier molecular flexibility index (Phi) is 12.0. The summed E-state index contributed by atoms with van der Waals surface area (Å²) in [6, 6.07) is 0. The first-order valence-electron chi connectivity index (χ1n) is 8.69. The van der Waals surface area contributed by atoms with Crippen LogP contribution < -0.4 is 0 Å². The van der Waals surface area contributed by atoms with E-state index in [1.54, 1.807) is 0 Å². The molecule has 0 amide bonds. The molecule has 0 aliphatic heterocycles. The molecule has 0 spiro atoms. The highest BCUT2D eigenvalue weighted by atomic mass is 32.2. The normalized spacial score (nSPS) is 12.8. The van der Waals surface area contributed by atoms with Gasteiger partial charge in [0, 0.05) is 7.26 Å². The van der Waals surface area contributed by atoms with Gasteiger partial charge in [0.05, 0.1) is 30.4 Å². The van der Waals surface area contributed by atoms with E-state index in [1.165, 1.54) is 63.2 Å². The van der Waals surface area contributed by atoms with Gasteiger partial charge in [0.2, 0.25) is 0 Å². The molecule has 0 unspecified atom stereocenters. The van der Waals surface area contributed by atoms with E-state index in [4.69, 9.17) is 4.55 Å². The van der Waals surface area contributed by atoms with E-state index in [0.717, 1.165) is 6.42 Å². The zero-order chi connectivity index (χ0) is 16.2. The smallest absolute Gasteiger partial charge is 0.264 e. The van der Waals surface area contributed by atoms with E-state index in [2.05, 4.69) is 20.8 Å². The molecule has 0 aliphatic carbocycles. The summed E-state index contributed by atoms with van der Waals surface area (Å²) in [5.74, 6) is -0.0671. The van der Waals surface area contributed by atoms with Gasteiger partial charge >= 0.3 is 0 Å². The lowest BCUT2D eigenvalue weighted by Crippen LogP contribution is -2.14. The predicted octanol–water partition coefficient (Wildman–Crippen LogP) is 5.07. The Morgan fingerprint density at radius 2 is 1.10 bits per heavy atom. The van der Waals surface area contributed by atoms with Crippen LogP contribution in [0.4, 0.5) is 0 Å². The van der Waals surface area contributed by atoms with Crippen molar-refractivity contribution >= 4 is 17.4 Å². The highest BCUT2D eigenvalue weighted by Gasteiger charge is 2.34. The Morgan fingerprint density at radius 1 is 0.714 bits per heavy atom. The van der Waals surface area contributed by atoms with Gasteiger partial charge in [-0.05, 0) is 32.1 Å². The summed E-state index contributed by atoms with van der Waals surface area (Å²) in [6.07, 6.45) is 14.7. The van der Waals surface area contributed by atoms with Crippen LogP contribution in [0.15, 0.2) is 0 Å². The van der Waals surface area contributed by atoms with Crippen molar-refractivity contribution in [2.75, 3.05) is 30.4 Å². The van der Waals surface area contributed by atoms with Crippen molar-refractivity contribution in [2.45, 2.75) is 72.1 Å². The van der Waals surface area contributed by atoms with Gasteiger partial charge in [0.15, 0.2) is 0 Å². The fraction of sp³-hybridized carbons (Fsp3) is 1.00. The molecule has 0 rings (SSSR count). The number of hydrogen-bond acceptors (Lipinski definition) is 2. The maximum atomic E-state index is 10.8. The van der Waals surface area contributed by atoms with Crippen LogP contribution in [0.3, 0.4) is 0 Å². The molecule has 0 bridgehead atoms. The Hall–Kier alpha value is 0.340. The quantitative estimate of drug-likeness (QED) is 0.273. The molecule has 5 heteroatoms. The Bertz CT molecular complexity index is 320. The first-order chi connectivity index (χ1) is 9.89. The van der Waals surface area contributed by atoms with Crippen LogP contribution in [-0.4, -0.2) is 43.4 Å². The van der Waals surface area contributed by atoms with Crippen LogP contribution in [0.1, 0.15) is 72.1 Å². The first kappa shape index (κ1) is 21.3. The van der Waals surface area contributed by atoms with Crippen molar-refractivity contribution in [3.8, 4) is 0 Å². The van der Waals surface area contributed by atoms with E-state index in [1.807, 2.05) is 0 Å². The zero-order valence-electron chi connectivity index (χ0n) is 14.3. The third kappa shape index (κ3) is 11.5. The van der Waals surface area contributed by atoms with Crippen molar-refractivity contribution in [2.24, 2.45) is 0 Å². The minimum Gasteiger partial charge on any atom is -0.286 e. The zero-order valence-corrected chi connectivity index (χ0v) is 16.0. The molecule has 0 aliphatic rings. The maximum absolute atomic E-state index is 10.8. The van der Waals surface area contributed by atoms with Gasteiger partial charge in [-0.25, -0.2) is 0 Å². The summed E-state index contributed by atoms with van der Waals surface area (Å²) in [6.45, 7) is 6.77. The molecule has 21 heavy (non-hydrogen) atoms. The molecule has 0 aromatic carbocycles. The fourth-order valence-electron chi connectivity index (χ4n) is 2.88. The minimum absolute atomic E-state index is 0.0671. The second-order valence-corrected chi connectivity index (χ2v) is 12.3. The second-order valence-electron chi connectivity index (χ2n) is 6.29. The van der Waals surface area contributed by atoms with Crippen molar-refractivity contribution in [1.82, 2.24) is 0 Å². The monoisotopic (exact) mass is 339 g/mol. The summed E-state index contributed by atoms with van der Waals surface area (Å²) in [5, 5.41) is 0. The Balaban J connectivity index is 4.54. The largest absolute Gasteiger partial charge is 0.286 e. The van der Waals surface area contributed by atoms with Gasteiger partial charge in [-0.1, -0.05) is 40.0 Å². The highest BCUT2D eigenvalue weighted by molar-refractivity contribution is 7.85. The molecular formula is C16H36O3PS+. The van der Waals surface area contributed by atoms with Crippen molar-refractivity contribution in [3.05, 3.63) is 0 Å². The van der Waals surface area contributed by atoms with E-state index in [-0.39, 0.29) is 5.75 Å². The van der Waals surface area contributed by atoms with Crippen molar-refractivity contribution in [1.29, 1.82) is 0 Å². The molecule has 128 valence electrons. The Morgan fingerprint density at radius 3 is 1.43 bits per heavy atom. The third-order valence-corrected chi connectivity index (χ3v) is 10.1. The Labute approximate surface area is 133 Å². The number of hydrogen-bond donors (Lipinski definition) is 1. The molecule has 0 fully saturated rings. The molecule has 0 saturated heterocycles. The maximum Gasteiger partial charge on any atom is 0.264 e. The SMILES string of the molecule is CCCC[P+](CCCC)(CCCC)CCCCS(=O)(=O)O. The lowest BCUT2D eigenvalue weighted by Gasteiger charge is -2.28. The first-order valence-corrected chi connectivity index (χ1v) is 12.8. The standard InChI is InChI=1S/C16H35O3PS/c1-4-7-12-20(13-8-5-2,14-9-6-3)15-10-11-16-21(17,18)19/h4-16H2,1-3H3/p+1. The van der Waals surface area contributed by atoms with Crippen LogP contribution in [0.5, 0.6) is 0 Å². The topological polar surface area (TPSA) is 54.4 Å². The van der Waals surface area contributed by atoms with Crippen molar-refractivity contribution in [3.63, 3.8) is 0 Å². The lowest BCUT2D eigenvalue weighted by atomic mass is 10.4. The van der Waals surface area contributed by atoms with Crippen LogP contribution in [0.2, 0.25) is 0 Å². The highest BCUT2D eigenvalue weighted by Crippen LogP contribution is 2.61. The molecule has 0 aromatic heterocycles.